The Labute approximate surface area is 138 Å². The van der Waals surface area contributed by atoms with E-state index in [9.17, 15) is 9.59 Å². The lowest BCUT2D eigenvalue weighted by atomic mass is 9.96. The van der Waals surface area contributed by atoms with Crippen LogP contribution in [0.2, 0.25) is 0 Å². The fourth-order valence-corrected chi connectivity index (χ4v) is 3.00. The van der Waals surface area contributed by atoms with Gasteiger partial charge in [0.25, 0.3) is 0 Å². The minimum absolute atomic E-state index is 0.121. The molecule has 1 saturated heterocycles. The first-order chi connectivity index (χ1) is 11.0. The molecule has 0 spiro atoms. The minimum atomic E-state index is -0.346. The average molecular weight is 318 g/mol. The Morgan fingerprint density at radius 2 is 2.00 bits per heavy atom. The molecule has 5 heteroatoms. The van der Waals surface area contributed by atoms with Gasteiger partial charge in [-0.3, -0.25) is 4.79 Å². The smallest absolute Gasteiger partial charge is 0.409 e. The standard InChI is InChI=1S/C18H26N2O3/c1-14(2)20(12-15-8-5-4-6-9-15)17(21)16-10-7-11-19(13-16)18(22)23-3/h4-6,8-9,14,16H,7,10-13H2,1-3H3. The van der Waals surface area contributed by atoms with Crippen molar-refractivity contribution in [3.8, 4) is 0 Å². The molecule has 0 aliphatic carbocycles. The van der Waals surface area contributed by atoms with Crippen LogP contribution in [0, 0.1) is 5.92 Å². The molecule has 2 amide bonds. The van der Waals surface area contributed by atoms with Gasteiger partial charge in [0.1, 0.15) is 0 Å². The second-order valence-corrected chi connectivity index (χ2v) is 6.30. The number of rotatable bonds is 4. The molecule has 1 atom stereocenters. The van der Waals surface area contributed by atoms with Crippen LogP contribution in [-0.2, 0) is 16.1 Å². The maximum Gasteiger partial charge on any atom is 0.409 e. The number of amides is 2. The van der Waals surface area contributed by atoms with Crippen molar-refractivity contribution in [2.75, 3.05) is 20.2 Å². The maximum atomic E-state index is 12.9. The van der Waals surface area contributed by atoms with Gasteiger partial charge in [-0.05, 0) is 32.3 Å². The van der Waals surface area contributed by atoms with E-state index in [4.69, 9.17) is 4.74 Å². The van der Waals surface area contributed by atoms with E-state index in [0.29, 0.717) is 19.6 Å². The molecule has 0 radical (unpaired) electrons. The lowest BCUT2D eigenvalue weighted by Crippen LogP contribution is -2.48. The van der Waals surface area contributed by atoms with E-state index in [1.54, 1.807) is 4.90 Å². The third-order valence-corrected chi connectivity index (χ3v) is 4.31. The summed E-state index contributed by atoms with van der Waals surface area (Å²) in [5.41, 5.74) is 1.12. The maximum absolute atomic E-state index is 12.9. The van der Waals surface area contributed by atoms with Crippen LogP contribution in [0.1, 0.15) is 32.3 Å². The van der Waals surface area contributed by atoms with E-state index in [2.05, 4.69) is 0 Å². The summed E-state index contributed by atoms with van der Waals surface area (Å²) in [4.78, 5) is 28.2. The van der Waals surface area contributed by atoms with Crippen LogP contribution in [0.4, 0.5) is 4.79 Å². The average Bonchev–Trinajstić information content (AvgIpc) is 2.59. The van der Waals surface area contributed by atoms with Gasteiger partial charge in [0.2, 0.25) is 5.91 Å². The fourth-order valence-electron chi connectivity index (χ4n) is 3.00. The summed E-state index contributed by atoms with van der Waals surface area (Å²) in [5, 5.41) is 0. The topological polar surface area (TPSA) is 49.9 Å². The number of ether oxygens (including phenoxy) is 1. The molecule has 1 aromatic carbocycles. The van der Waals surface area contributed by atoms with Crippen molar-refractivity contribution >= 4 is 12.0 Å². The summed E-state index contributed by atoms with van der Waals surface area (Å²) >= 11 is 0. The van der Waals surface area contributed by atoms with Gasteiger partial charge in [-0.15, -0.1) is 0 Å². The molecular formula is C18H26N2O3. The Bertz CT molecular complexity index is 530. The Kier molecular flexibility index (Phi) is 6.02. The van der Waals surface area contributed by atoms with Crippen LogP contribution >= 0.6 is 0 Å². The molecule has 1 aromatic rings. The molecule has 0 saturated carbocycles. The number of benzene rings is 1. The molecule has 0 N–H and O–H groups in total. The lowest BCUT2D eigenvalue weighted by molar-refractivity contribution is -0.139. The monoisotopic (exact) mass is 318 g/mol. The van der Waals surface area contributed by atoms with Gasteiger partial charge in [-0.2, -0.15) is 0 Å². The van der Waals surface area contributed by atoms with Gasteiger partial charge in [-0.1, -0.05) is 30.3 Å². The number of carbonyl (C=O) groups excluding carboxylic acids is 2. The van der Waals surface area contributed by atoms with Crippen molar-refractivity contribution in [1.82, 2.24) is 9.80 Å². The number of likely N-dealkylation sites (tertiary alicyclic amines) is 1. The number of carbonyl (C=O) groups is 2. The van der Waals surface area contributed by atoms with E-state index in [-0.39, 0.29) is 24.0 Å². The largest absolute Gasteiger partial charge is 0.453 e. The van der Waals surface area contributed by atoms with Crippen molar-refractivity contribution in [3.63, 3.8) is 0 Å². The van der Waals surface area contributed by atoms with E-state index < -0.39 is 0 Å². The van der Waals surface area contributed by atoms with Crippen molar-refractivity contribution in [1.29, 1.82) is 0 Å². The Morgan fingerprint density at radius 1 is 1.30 bits per heavy atom. The molecule has 5 nitrogen and oxygen atoms in total. The number of hydrogen-bond donors (Lipinski definition) is 0. The number of methoxy groups -OCH3 is 1. The Morgan fingerprint density at radius 3 is 2.61 bits per heavy atom. The van der Waals surface area contributed by atoms with E-state index >= 15 is 0 Å². The van der Waals surface area contributed by atoms with Crippen LogP contribution in [0.3, 0.4) is 0 Å². The molecule has 2 rings (SSSR count). The number of piperidine rings is 1. The summed E-state index contributed by atoms with van der Waals surface area (Å²) in [6, 6.07) is 10.1. The highest BCUT2D eigenvalue weighted by Gasteiger charge is 2.32. The third kappa shape index (κ3) is 4.47. The first kappa shape index (κ1) is 17.3. The summed E-state index contributed by atoms with van der Waals surface area (Å²) in [7, 11) is 1.38. The van der Waals surface area contributed by atoms with E-state index in [1.807, 2.05) is 49.1 Å². The summed E-state index contributed by atoms with van der Waals surface area (Å²) < 4.78 is 4.78. The Balaban J connectivity index is 2.06. The number of nitrogens with zero attached hydrogens (tertiary/aromatic N) is 2. The molecule has 0 bridgehead atoms. The molecular weight excluding hydrogens is 292 g/mol. The fraction of sp³-hybridized carbons (Fsp3) is 0.556. The Hall–Kier alpha value is -2.04. The van der Waals surface area contributed by atoms with Gasteiger partial charge in [0, 0.05) is 25.7 Å². The molecule has 0 aromatic heterocycles. The molecule has 1 aliphatic heterocycles. The highest BCUT2D eigenvalue weighted by Crippen LogP contribution is 2.22. The van der Waals surface area contributed by atoms with E-state index in [0.717, 1.165) is 18.4 Å². The molecule has 126 valence electrons. The minimum Gasteiger partial charge on any atom is -0.453 e. The lowest BCUT2D eigenvalue weighted by Gasteiger charge is -2.36. The predicted molar refractivity (Wildman–Crippen MR) is 88.8 cm³/mol. The second-order valence-electron chi connectivity index (χ2n) is 6.30. The molecule has 1 fully saturated rings. The second kappa shape index (κ2) is 7.99. The zero-order chi connectivity index (χ0) is 16.8. The molecule has 23 heavy (non-hydrogen) atoms. The first-order valence-electron chi connectivity index (χ1n) is 8.20. The third-order valence-electron chi connectivity index (χ3n) is 4.31. The predicted octanol–water partition coefficient (Wildman–Crippen LogP) is 2.90. The van der Waals surface area contributed by atoms with Crippen LogP contribution in [0.5, 0.6) is 0 Å². The summed E-state index contributed by atoms with van der Waals surface area (Å²) in [6.45, 7) is 5.77. The molecule has 1 aliphatic rings. The van der Waals surface area contributed by atoms with Crippen LogP contribution in [0.25, 0.3) is 0 Å². The highest BCUT2D eigenvalue weighted by molar-refractivity contribution is 5.80. The van der Waals surface area contributed by atoms with Crippen LogP contribution < -0.4 is 0 Å². The van der Waals surface area contributed by atoms with Crippen LogP contribution in [0.15, 0.2) is 30.3 Å². The zero-order valence-electron chi connectivity index (χ0n) is 14.2. The normalized spacial score (nSPS) is 17.9. The van der Waals surface area contributed by atoms with Crippen molar-refractivity contribution in [3.05, 3.63) is 35.9 Å². The van der Waals surface area contributed by atoms with Gasteiger partial charge >= 0.3 is 6.09 Å². The quantitative estimate of drug-likeness (QED) is 0.857. The highest BCUT2D eigenvalue weighted by atomic mass is 16.5. The molecule has 1 unspecified atom stereocenters. The molecule has 1 heterocycles. The van der Waals surface area contributed by atoms with Crippen molar-refractivity contribution in [2.24, 2.45) is 5.92 Å². The van der Waals surface area contributed by atoms with Gasteiger partial charge in [-0.25, -0.2) is 4.79 Å². The van der Waals surface area contributed by atoms with Crippen LogP contribution in [-0.4, -0.2) is 48.0 Å². The van der Waals surface area contributed by atoms with E-state index in [1.165, 1.54) is 7.11 Å². The van der Waals surface area contributed by atoms with Crippen molar-refractivity contribution < 1.29 is 14.3 Å². The summed E-state index contributed by atoms with van der Waals surface area (Å²) in [5.74, 6) is -0.0218. The number of hydrogen-bond acceptors (Lipinski definition) is 3. The van der Waals surface area contributed by atoms with Crippen molar-refractivity contribution in [2.45, 2.75) is 39.3 Å². The van der Waals surface area contributed by atoms with Gasteiger partial charge < -0.3 is 14.5 Å². The SMILES string of the molecule is COC(=O)N1CCCC(C(=O)N(Cc2ccccc2)C(C)C)C1. The van der Waals surface area contributed by atoms with Gasteiger partial charge in [0.05, 0.1) is 13.0 Å². The first-order valence-corrected chi connectivity index (χ1v) is 8.20. The zero-order valence-corrected chi connectivity index (χ0v) is 14.2. The summed E-state index contributed by atoms with van der Waals surface area (Å²) in [6.07, 6.45) is 1.31. The van der Waals surface area contributed by atoms with Gasteiger partial charge in [0.15, 0.2) is 0 Å².